The zero-order valence-corrected chi connectivity index (χ0v) is 19.2. The fraction of sp³-hybridized carbons (Fsp3) is 0.591. The van der Waals surface area contributed by atoms with E-state index in [0.717, 1.165) is 29.9 Å². The number of benzene rings is 1. The molecule has 0 N–H and O–H groups in total. The quantitative estimate of drug-likeness (QED) is 0.631. The maximum absolute atomic E-state index is 13.1. The first-order valence-electron chi connectivity index (χ1n) is 10.6. The molecule has 1 aromatic carbocycles. The Labute approximate surface area is 178 Å². The molecule has 6 nitrogen and oxygen atoms in total. The van der Waals surface area contributed by atoms with E-state index in [0.29, 0.717) is 0 Å². The molecule has 2 heterocycles. The predicted molar refractivity (Wildman–Crippen MR) is 120 cm³/mol. The van der Waals surface area contributed by atoms with Gasteiger partial charge in [0.05, 0.1) is 10.9 Å². The lowest BCUT2D eigenvalue weighted by Gasteiger charge is -2.32. The monoisotopic (exact) mass is 415 g/mol. The van der Waals surface area contributed by atoms with Gasteiger partial charge in [0.15, 0.2) is 5.16 Å². The topological polar surface area (TPSA) is 54.3 Å². The molecule has 0 bridgehead atoms. The zero-order chi connectivity index (χ0) is 21.1. The van der Waals surface area contributed by atoms with E-state index in [1.54, 1.807) is 0 Å². The Morgan fingerprint density at radius 3 is 2.14 bits per heavy atom. The molecule has 1 aliphatic rings. The van der Waals surface area contributed by atoms with Crippen LogP contribution in [0.4, 0.5) is 5.95 Å². The summed E-state index contributed by atoms with van der Waals surface area (Å²) in [7, 11) is 0. The van der Waals surface area contributed by atoms with Gasteiger partial charge >= 0.3 is 0 Å². The van der Waals surface area contributed by atoms with Crippen molar-refractivity contribution in [3.63, 3.8) is 0 Å². The van der Waals surface area contributed by atoms with Gasteiger partial charge in [0.2, 0.25) is 11.9 Å². The minimum Gasteiger partial charge on any atom is -0.341 e. The molecule has 7 heteroatoms. The number of amides is 1. The molecule has 0 radical (unpaired) electrons. The van der Waals surface area contributed by atoms with Crippen LogP contribution in [0.1, 0.15) is 53.0 Å². The van der Waals surface area contributed by atoms with Gasteiger partial charge in [0, 0.05) is 25.2 Å². The van der Waals surface area contributed by atoms with Crippen LogP contribution in [0.5, 0.6) is 0 Å². The van der Waals surface area contributed by atoms with E-state index < -0.39 is 0 Å². The van der Waals surface area contributed by atoms with E-state index in [2.05, 4.69) is 78.5 Å². The summed E-state index contributed by atoms with van der Waals surface area (Å²) in [4.78, 5) is 17.4. The third-order valence-electron chi connectivity index (χ3n) is 5.29. The van der Waals surface area contributed by atoms with Crippen LogP contribution in [-0.4, -0.2) is 56.0 Å². The average molecular weight is 416 g/mol. The highest BCUT2D eigenvalue weighted by Crippen LogP contribution is 2.31. The van der Waals surface area contributed by atoms with Gasteiger partial charge in [-0.2, -0.15) is 0 Å². The van der Waals surface area contributed by atoms with Gasteiger partial charge in [-0.05, 0) is 66.5 Å². The van der Waals surface area contributed by atoms with Crippen molar-refractivity contribution in [3.8, 4) is 5.69 Å². The maximum atomic E-state index is 13.1. The van der Waals surface area contributed by atoms with Gasteiger partial charge in [-0.25, -0.2) is 0 Å². The number of nitrogens with zero attached hydrogens (tertiary/aromatic N) is 5. The van der Waals surface area contributed by atoms with Gasteiger partial charge in [-0.1, -0.05) is 29.5 Å². The number of hydrogen-bond donors (Lipinski definition) is 0. The number of aryl methyl sites for hydroxylation is 1. The molecule has 0 spiro atoms. The molecular weight excluding hydrogens is 382 g/mol. The second-order valence-corrected chi connectivity index (χ2v) is 9.65. The highest BCUT2D eigenvalue weighted by molar-refractivity contribution is 8.00. The molecule has 1 saturated heterocycles. The number of carbonyl (C=O) groups excluding carboxylic acids is 1. The third-order valence-corrected chi connectivity index (χ3v) is 6.32. The van der Waals surface area contributed by atoms with Crippen molar-refractivity contribution < 1.29 is 4.79 Å². The van der Waals surface area contributed by atoms with Crippen LogP contribution in [-0.2, 0) is 4.79 Å². The van der Waals surface area contributed by atoms with E-state index in [4.69, 9.17) is 0 Å². The standard InChI is InChI=1S/C22H33N5OS/c1-15(2)26(16(3)4)20(28)18(6)29-22-24-23-21(25-13-7-8-14-25)27(22)19-11-9-17(5)10-12-19/h9-12,15-16,18H,7-8,13-14H2,1-6H3/t18-/m1/s1. The molecule has 1 amide bonds. The average Bonchev–Trinajstić information content (AvgIpc) is 3.31. The van der Waals surface area contributed by atoms with Crippen molar-refractivity contribution in [1.29, 1.82) is 0 Å². The van der Waals surface area contributed by atoms with Crippen molar-refractivity contribution >= 4 is 23.6 Å². The van der Waals surface area contributed by atoms with Crippen molar-refractivity contribution in [2.24, 2.45) is 0 Å². The fourth-order valence-corrected chi connectivity index (χ4v) is 4.82. The molecule has 0 saturated carbocycles. The Morgan fingerprint density at radius 2 is 1.59 bits per heavy atom. The van der Waals surface area contributed by atoms with Crippen LogP contribution in [0.25, 0.3) is 5.69 Å². The lowest BCUT2D eigenvalue weighted by atomic mass is 10.2. The second kappa shape index (κ2) is 9.20. The summed E-state index contributed by atoms with van der Waals surface area (Å²) < 4.78 is 2.11. The smallest absolute Gasteiger partial charge is 0.236 e. The number of anilines is 1. The van der Waals surface area contributed by atoms with Gasteiger partial charge in [0.1, 0.15) is 0 Å². The number of carbonyl (C=O) groups is 1. The summed E-state index contributed by atoms with van der Waals surface area (Å²) in [6.07, 6.45) is 2.35. The summed E-state index contributed by atoms with van der Waals surface area (Å²) in [5.41, 5.74) is 2.25. The molecule has 1 fully saturated rings. The first-order chi connectivity index (χ1) is 13.8. The Morgan fingerprint density at radius 1 is 1.00 bits per heavy atom. The Balaban J connectivity index is 1.92. The summed E-state index contributed by atoms with van der Waals surface area (Å²) in [5.74, 6) is 1.01. The fourth-order valence-electron chi connectivity index (χ4n) is 3.90. The number of hydrogen-bond acceptors (Lipinski definition) is 5. The minimum absolute atomic E-state index is 0.140. The minimum atomic E-state index is -0.236. The van der Waals surface area contributed by atoms with Crippen LogP contribution in [0.3, 0.4) is 0 Å². The summed E-state index contributed by atoms with van der Waals surface area (Å²) in [5, 5.41) is 9.54. The Kier molecular flexibility index (Phi) is 6.88. The molecule has 1 aromatic heterocycles. The Bertz CT molecular complexity index is 816. The first kappa shape index (κ1) is 21.7. The normalized spacial score (nSPS) is 15.4. The molecule has 0 unspecified atom stereocenters. The van der Waals surface area contributed by atoms with E-state index in [-0.39, 0.29) is 23.2 Å². The molecule has 3 rings (SSSR count). The van der Waals surface area contributed by atoms with Crippen molar-refractivity contribution in [2.75, 3.05) is 18.0 Å². The summed E-state index contributed by atoms with van der Waals surface area (Å²) in [6, 6.07) is 8.74. The highest BCUT2D eigenvalue weighted by Gasteiger charge is 2.29. The number of aromatic nitrogens is 3. The van der Waals surface area contributed by atoms with Crippen LogP contribution in [0, 0.1) is 6.92 Å². The SMILES string of the molecule is Cc1ccc(-n2c(S[C@H](C)C(=O)N(C(C)C)C(C)C)nnc2N2CCCC2)cc1. The summed E-state index contributed by atoms with van der Waals surface area (Å²) >= 11 is 1.49. The lowest BCUT2D eigenvalue weighted by Crippen LogP contribution is -2.45. The van der Waals surface area contributed by atoms with E-state index in [9.17, 15) is 4.79 Å². The maximum Gasteiger partial charge on any atom is 0.236 e. The van der Waals surface area contributed by atoms with Gasteiger partial charge in [-0.3, -0.25) is 9.36 Å². The zero-order valence-electron chi connectivity index (χ0n) is 18.4. The van der Waals surface area contributed by atoms with Gasteiger partial charge in [-0.15, -0.1) is 10.2 Å². The third kappa shape index (κ3) is 4.77. The molecule has 158 valence electrons. The highest BCUT2D eigenvalue weighted by atomic mass is 32.2. The molecule has 1 aliphatic heterocycles. The van der Waals surface area contributed by atoms with Crippen LogP contribution >= 0.6 is 11.8 Å². The van der Waals surface area contributed by atoms with Crippen molar-refractivity contribution in [1.82, 2.24) is 19.7 Å². The predicted octanol–water partition coefficient (Wildman–Crippen LogP) is 4.30. The largest absolute Gasteiger partial charge is 0.341 e. The second-order valence-electron chi connectivity index (χ2n) is 8.34. The van der Waals surface area contributed by atoms with E-state index in [1.807, 2.05) is 11.8 Å². The van der Waals surface area contributed by atoms with E-state index >= 15 is 0 Å². The lowest BCUT2D eigenvalue weighted by molar-refractivity contribution is -0.133. The van der Waals surface area contributed by atoms with Gasteiger partial charge in [0.25, 0.3) is 0 Å². The van der Waals surface area contributed by atoms with Crippen LogP contribution < -0.4 is 4.90 Å². The first-order valence-corrected chi connectivity index (χ1v) is 11.4. The Hall–Kier alpha value is -2.02. The molecule has 29 heavy (non-hydrogen) atoms. The molecule has 0 aliphatic carbocycles. The molecule has 2 aromatic rings. The van der Waals surface area contributed by atoms with E-state index in [1.165, 1.54) is 30.2 Å². The number of rotatable bonds is 7. The summed E-state index contributed by atoms with van der Waals surface area (Å²) in [6.45, 7) is 14.3. The van der Waals surface area contributed by atoms with Crippen molar-refractivity contribution in [3.05, 3.63) is 29.8 Å². The van der Waals surface area contributed by atoms with Crippen LogP contribution in [0.2, 0.25) is 0 Å². The molecular formula is C22H33N5OS. The van der Waals surface area contributed by atoms with Gasteiger partial charge < -0.3 is 9.80 Å². The van der Waals surface area contributed by atoms with Crippen LogP contribution in [0.15, 0.2) is 29.4 Å². The van der Waals surface area contributed by atoms with Crippen molar-refractivity contribution in [2.45, 2.75) is 76.9 Å². The number of thioether (sulfide) groups is 1. The molecule has 1 atom stereocenters.